The minimum atomic E-state index is -0.365. The highest BCUT2D eigenvalue weighted by Gasteiger charge is 2.33. The highest BCUT2D eigenvalue weighted by atomic mass is 16.6. The highest BCUT2D eigenvalue weighted by Crippen LogP contribution is 2.35. The van der Waals surface area contributed by atoms with Gasteiger partial charge in [0.25, 0.3) is 5.69 Å². The largest absolute Gasteiger partial charge is 0.350 e. The van der Waals surface area contributed by atoms with Crippen molar-refractivity contribution in [3.63, 3.8) is 0 Å². The topological polar surface area (TPSA) is 55.6 Å². The number of nitrogens with zero attached hydrogens (tertiary/aromatic N) is 2. The molecule has 0 N–H and O–H groups in total. The van der Waals surface area contributed by atoms with Crippen LogP contribution in [0.1, 0.15) is 24.5 Å². The summed E-state index contributed by atoms with van der Waals surface area (Å²) >= 11 is 0. The molecule has 120 valence electrons. The smallest absolute Gasteiger partial charge is 0.269 e. The number of nitro groups is 1. The lowest BCUT2D eigenvalue weighted by Crippen LogP contribution is -2.43. The molecule has 1 unspecified atom stereocenters. The molecule has 0 saturated carbocycles. The van der Waals surface area contributed by atoms with Gasteiger partial charge >= 0.3 is 0 Å². The number of benzene rings is 2. The molecule has 0 amide bonds. The van der Waals surface area contributed by atoms with Crippen LogP contribution in [0.2, 0.25) is 0 Å². The Morgan fingerprint density at radius 1 is 1.22 bits per heavy atom. The lowest BCUT2D eigenvalue weighted by molar-refractivity contribution is -0.384. The predicted molar refractivity (Wildman–Crippen MR) is 89.5 cm³/mol. The van der Waals surface area contributed by atoms with Gasteiger partial charge in [0.1, 0.15) is 6.73 Å². The third-order valence-electron chi connectivity index (χ3n) is 4.51. The summed E-state index contributed by atoms with van der Waals surface area (Å²) in [6.07, 6.45) is 0.868. The second-order valence-corrected chi connectivity index (χ2v) is 6.11. The number of nitro benzene ring substituents is 1. The Kier molecular flexibility index (Phi) is 4.05. The van der Waals surface area contributed by atoms with E-state index in [1.807, 2.05) is 31.2 Å². The van der Waals surface area contributed by atoms with Crippen LogP contribution in [0, 0.1) is 17.0 Å². The molecule has 23 heavy (non-hydrogen) atoms. The molecule has 1 aliphatic heterocycles. The first-order chi connectivity index (χ1) is 11.0. The standard InChI is InChI=1S/C18H20N2O3/c1-14-12-16(20(21)22)8-9-17(14)19-11-10-18(2,23-13-19)15-6-4-3-5-7-15/h3-9,12H,10-11,13H2,1-2H3. The van der Waals surface area contributed by atoms with Crippen LogP contribution in [0.25, 0.3) is 0 Å². The van der Waals surface area contributed by atoms with Crippen LogP contribution in [0.3, 0.4) is 0 Å². The summed E-state index contributed by atoms with van der Waals surface area (Å²) in [7, 11) is 0. The Balaban J connectivity index is 1.76. The van der Waals surface area contributed by atoms with E-state index in [-0.39, 0.29) is 16.2 Å². The average Bonchev–Trinajstić information content (AvgIpc) is 2.56. The minimum absolute atomic E-state index is 0.123. The summed E-state index contributed by atoms with van der Waals surface area (Å²) < 4.78 is 6.14. The normalized spacial score (nSPS) is 21.2. The van der Waals surface area contributed by atoms with Gasteiger partial charge in [0.05, 0.1) is 10.5 Å². The van der Waals surface area contributed by atoms with Gasteiger partial charge in [0, 0.05) is 24.4 Å². The van der Waals surface area contributed by atoms with Crippen molar-refractivity contribution in [1.82, 2.24) is 0 Å². The highest BCUT2D eigenvalue weighted by molar-refractivity contribution is 5.57. The summed E-state index contributed by atoms with van der Waals surface area (Å²) in [5.41, 5.74) is 2.90. The molecule has 5 heteroatoms. The lowest BCUT2D eigenvalue weighted by atomic mass is 9.91. The SMILES string of the molecule is Cc1cc([N+](=O)[O-])ccc1N1CCC(C)(c2ccccc2)OC1. The molecule has 1 fully saturated rings. The third kappa shape index (κ3) is 3.05. The Labute approximate surface area is 135 Å². The van der Waals surface area contributed by atoms with Crippen molar-refractivity contribution in [2.24, 2.45) is 0 Å². The maximum Gasteiger partial charge on any atom is 0.269 e. The lowest BCUT2D eigenvalue weighted by Gasteiger charge is -2.41. The first kappa shape index (κ1) is 15.5. The van der Waals surface area contributed by atoms with Gasteiger partial charge in [-0.2, -0.15) is 0 Å². The van der Waals surface area contributed by atoms with E-state index in [2.05, 4.69) is 24.0 Å². The summed E-state index contributed by atoms with van der Waals surface area (Å²) in [6.45, 7) is 5.34. The van der Waals surface area contributed by atoms with E-state index in [0.717, 1.165) is 24.2 Å². The van der Waals surface area contributed by atoms with Crippen LogP contribution >= 0.6 is 0 Å². The van der Waals surface area contributed by atoms with E-state index >= 15 is 0 Å². The second kappa shape index (κ2) is 6.01. The van der Waals surface area contributed by atoms with Crippen LogP contribution in [0.4, 0.5) is 11.4 Å². The van der Waals surface area contributed by atoms with Crippen molar-refractivity contribution in [3.8, 4) is 0 Å². The van der Waals surface area contributed by atoms with Crippen molar-refractivity contribution in [3.05, 3.63) is 69.8 Å². The molecule has 0 radical (unpaired) electrons. The van der Waals surface area contributed by atoms with Crippen molar-refractivity contribution in [2.45, 2.75) is 25.9 Å². The van der Waals surface area contributed by atoms with E-state index in [1.54, 1.807) is 12.1 Å². The van der Waals surface area contributed by atoms with Crippen LogP contribution in [0.5, 0.6) is 0 Å². The first-order valence-corrected chi connectivity index (χ1v) is 7.69. The van der Waals surface area contributed by atoms with Crippen LogP contribution in [-0.4, -0.2) is 18.2 Å². The Morgan fingerprint density at radius 3 is 2.52 bits per heavy atom. The van der Waals surface area contributed by atoms with Gasteiger partial charge in [-0.05, 0) is 37.5 Å². The van der Waals surface area contributed by atoms with Gasteiger partial charge < -0.3 is 9.64 Å². The minimum Gasteiger partial charge on any atom is -0.350 e. The molecule has 1 heterocycles. The van der Waals surface area contributed by atoms with Gasteiger partial charge in [-0.3, -0.25) is 10.1 Å². The zero-order valence-corrected chi connectivity index (χ0v) is 13.4. The summed E-state index contributed by atoms with van der Waals surface area (Å²) in [4.78, 5) is 12.6. The molecule has 3 rings (SSSR count). The van der Waals surface area contributed by atoms with Crippen LogP contribution in [0.15, 0.2) is 48.5 Å². The van der Waals surface area contributed by atoms with Gasteiger partial charge in [-0.15, -0.1) is 0 Å². The number of non-ortho nitro benzene ring substituents is 1. The van der Waals surface area contributed by atoms with E-state index < -0.39 is 0 Å². The monoisotopic (exact) mass is 312 g/mol. The molecule has 0 aromatic heterocycles. The number of hydrogen-bond acceptors (Lipinski definition) is 4. The van der Waals surface area contributed by atoms with Gasteiger partial charge in [-0.1, -0.05) is 30.3 Å². The van der Waals surface area contributed by atoms with Crippen molar-refractivity contribution in [2.75, 3.05) is 18.2 Å². The predicted octanol–water partition coefficient (Wildman–Crippen LogP) is 4.00. The van der Waals surface area contributed by atoms with E-state index in [0.29, 0.717) is 6.73 Å². The van der Waals surface area contributed by atoms with Crippen molar-refractivity contribution < 1.29 is 9.66 Å². The second-order valence-electron chi connectivity index (χ2n) is 6.11. The van der Waals surface area contributed by atoms with E-state index in [1.165, 1.54) is 5.56 Å². The fraction of sp³-hybridized carbons (Fsp3) is 0.333. The molecule has 1 saturated heterocycles. The van der Waals surface area contributed by atoms with E-state index in [9.17, 15) is 10.1 Å². The van der Waals surface area contributed by atoms with Gasteiger partial charge in [0.2, 0.25) is 0 Å². The summed E-state index contributed by atoms with van der Waals surface area (Å²) in [6, 6.07) is 15.2. The van der Waals surface area contributed by atoms with Gasteiger partial charge in [-0.25, -0.2) is 0 Å². The number of anilines is 1. The molecule has 0 aliphatic carbocycles. The number of hydrogen-bond donors (Lipinski definition) is 0. The average molecular weight is 312 g/mol. The number of rotatable bonds is 3. The molecule has 0 bridgehead atoms. The zero-order valence-electron chi connectivity index (χ0n) is 13.4. The quantitative estimate of drug-likeness (QED) is 0.635. The maximum atomic E-state index is 10.9. The fourth-order valence-corrected chi connectivity index (χ4v) is 3.02. The molecule has 5 nitrogen and oxygen atoms in total. The Hall–Kier alpha value is -2.40. The van der Waals surface area contributed by atoms with Crippen LogP contribution in [-0.2, 0) is 10.3 Å². The zero-order chi connectivity index (χ0) is 16.4. The Bertz CT molecular complexity index is 707. The summed E-state index contributed by atoms with van der Waals surface area (Å²) in [5, 5.41) is 10.9. The molecule has 2 aromatic rings. The number of ether oxygens (including phenoxy) is 1. The molecular formula is C18H20N2O3. The molecule has 1 atom stereocenters. The number of aryl methyl sites for hydroxylation is 1. The third-order valence-corrected chi connectivity index (χ3v) is 4.51. The first-order valence-electron chi connectivity index (χ1n) is 7.69. The Morgan fingerprint density at radius 2 is 1.96 bits per heavy atom. The molecule has 1 aliphatic rings. The van der Waals surface area contributed by atoms with Crippen molar-refractivity contribution in [1.29, 1.82) is 0 Å². The maximum absolute atomic E-state index is 10.9. The fourth-order valence-electron chi connectivity index (χ4n) is 3.02. The van der Waals surface area contributed by atoms with Crippen molar-refractivity contribution >= 4 is 11.4 Å². The van der Waals surface area contributed by atoms with Crippen LogP contribution < -0.4 is 4.90 Å². The molecule has 2 aromatic carbocycles. The molecular weight excluding hydrogens is 292 g/mol. The van der Waals surface area contributed by atoms with E-state index in [4.69, 9.17) is 4.74 Å². The summed E-state index contributed by atoms with van der Waals surface area (Å²) in [5.74, 6) is 0. The molecule has 0 spiro atoms. The van der Waals surface area contributed by atoms with Gasteiger partial charge in [0.15, 0.2) is 0 Å².